The molecular weight excluding hydrogens is 496 g/mol. The van der Waals surface area contributed by atoms with E-state index in [1.165, 1.54) is 11.3 Å². The molecule has 1 aromatic carbocycles. The SMILES string of the molecule is Cc1cc(C)c2[nH]nc(-c3nc(NC(=O)C4CN(Cc5ccccn5)CC[N]4)c(-c4cccnc4)s3)c2c1. The molecule has 1 radical (unpaired) electrons. The topological polar surface area (TPSA) is 114 Å². The van der Waals surface area contributed by atoms with Crippen molar-refractivity contribution in [2.24, 2.45) is 0 Å². The minimum Gasteiger partial charge on any atom is -0.308 e. The van der Waals surface area contributed by atoms with Crippen LogP contribution in [-0.4, -0.2) is 61.6 Å². The van der Waals surface area contributed by atoms with E-state index in [9.17, 15) is 4.79 Å². The number of pyridine rings is 2. The average Bonchev–Trinajstić information content (AvgIpc) is 3.54. The third-order valence-electron chi connectivity index (χ3n) is 6.62. The van der Waals surface area contributed by atoms with Gasteiger partial charge in [0.25, 0.3) is 0 Å². The fourth-order valence-corrected chi connectivity index (χ4v) is 5.83. The first-order valence-corrected chi connectivity index (χ1v) is 13.3. The van der Waals surface area contributed by atoms with Crippen LogP contribution in [0.25, 0.3) is 32.0 Å². The van der Waals surface area contributed by atoms with Crippen LogP contribution in [0.2, 0.25) is 0 Å². The van der Waals surface area contributed by atoms with Gasteiger partial charge >= 0.3 is 0 Å². The number of anilines is 1. The van der Waals surface area contributed by atoms with Crippen molar-refractivity contribution >= 4 is 34.0 Å². The maximum absolute atomic E-state index is 13.4. The Morgan fingerprint density at radius 2 is 2.11 bits per heavy atom. The van der Waals surface area contributed by atoms with Crippen molar-refractivity contribution in [3.05, 3.63) is 77.9 Å². The first-order chi connectivity index (χ1) is 18.5. The van der Waals surface area contributed by atoms with Gasteiger partial charge in [-0.15, -0.1) is 11.3 Å². The first kappa shape index (κ1) is 24.4. The van der Waals surface area contributed by atoms with Crippen molar-refractivity contribution in [2.75, 3.05) is 25.0 Å². The fourth-order valence-electron chi connectivity index (χ4n) is 4.82. The Kier molecular flexibility index (Phi) is 6.67. The molecule has 38 heavy (non-hydrogen) atoms. The van der Waals surface area contributed by atoms with Crippen LogP contribution < -0.4 is 10.6 Å². The number of aryl methyl sites for hydroxylation is 2. The molecular formula is C28H27N8OS. The van der Waals surface area contributed by atoms with E-state index in [1.54, 1.807) is 18.6 Å². The van der Waals surface area contributed by atoms with Crippen LogP contribution in [0.1, 0.15) is 16.8 Å². The number of nitrogens with one attached hydrogen (secondary N) is 2. The number of nitrogens with zero attached hydrogens (tertiary/aromatic N) is 6. The summed E-state index contributed by atoms with van der Waals surface area (Å²) in [7, 11) is 0. The molecule has 1 saturated heterocycles. The Hall–Kier alpha value is -3.99. The van der Waals surface area contributed by atoms with Crippen LogP contribution in [0.3, 0.4) is 0 Å². The van der Waals surface area contributed by atoms with Gasteiger partial charge in [0.2, 0.25) is 5.91 Å². The van der Waals surface area contributed by atoms with E-state index in [1.807, 2.05) is 30.3 Å². The molecule has 1 amide bonds. The summed E-state index contributed by atoms with van der Waals surface area (Å²) in [5, 5.41) is 17.2. The number of thiazole rings is 1. The van der Waals surface area contributed by atoms with E-state index in [0.717, 1.165) is 55.4 Å². The molecule has 1 unspecified atom stereocenters. The number of benzene rings is 1. The molecule has 6 rings (SSSR count). The molecule has 0 saturated carbocycles. The number of piperazine rings is 1. The third-order valence-corrected chi connectivity index (χ3v) is 7.73. The molecule has 5 heterocycles. The van der Waals surface area contributed by atoms with Crippen LogP contribution in [0, 0.1) is 13.8 Å². The van der Waals surface area contributed by atoms with Crippen molar-refractivity contribution in [2.45, 2.75) is 26.4 Å². The highest BCUT2D eigenvalue weighted by Gasteiger charge is 2.29. The lowest BCUT2D eigenvalue weighted by Gasteiger charge is -2.31. The highest BCUT2D eigenvalue weighted by Crippen LogP contribution is 2.40. The number of hydrogen-bond donors (Lipinski definition) is 2. The van der Waals surface area contributed by atoms with Gasteiger partial charge in [-0.05, 0) is 43.7 Å². The number of hydrogen-bond acceptors (Lipinski definition) is 7. The normalized spacial score (nSPS) is 16.1. The molecule has 10 heteroatoms. The Labute approximate surface area is 224 Å². The van der Waals surface area contributed by atoms with Gasteiger partial charge in [0.15, 0.2) is 5.82 Å². The molecule has 0 spiro atoms. The van der Waals surface area contributed by atoms with E-state index in [0.29, 0.717) is 25.5 Å². The van der Waals surface area contributed by atoms with E-state index >= 15 is 0 Å². The summed E-state index contributed by atoms with van der Waals surface area (Å²) >= 11 is 1.49. The molecule has 4 aromatic heterocycles. The lowest BCUT2D eigenvalue weighted by atomic mass is 10.1. The first-order valence-electron chi connectivity index (χ1n) is 12.5. The minimum absolute atomic E-state index is 0.170. The van der Waals surface area contributed by atoms with Crippen LogP contribution in [-0.2, 0) is 11.3 Å². The Bertz CT molecular complexity index is 1580. The highest BCUT2D eigenvalue weighted by molar-refractivity contribution is 7.19. The van der Waals surface area contributed by atoms with Gasteiger partial charge in [0.05, 0.1) is 16.1 Å². The van der Waals surface area contributed by atoms with Crippen LogP contribution >= 0.6 is 11.3 Å². The molecule has 5 aromatic rings. The molecule has 9 nitrogen and oxygen atoms in total. The summed E-state index contributed by atoms with van der Waals surface area (Å²) in [6, 6.07) is 13.5. The van der Waals surface area contributed by atoms with Crippen LogP contribution in [0.5, 0.6) is 0 Å². The Morgan fingerprint density at radius 1 is 1.18 bits per heavy atom. The van der Waals surface area contributed by atoms with Crippen molar-refractivity contribution in [1.29, 1.82) is 0 Å². The van der Waals surface area contributed by atoms with Crippen molar-refractivity contribution in [1.82, 2.24) is 35.4 Å². The van der Waals surface area contributed by atoms with Crippen molar-refractivity contribution in [3.8, 4) is 21.1 Å². The number of aromatic amines is 1. The quantitative estimate of drug-likeness (QED) is 0.345. The molecule has 0 aliphatic carbocycles. The predicted octanol–water partition coefficient (Wildman–Crippen LogP) is 4.19. The molecule has 0 bridgehead atoms. The summed E-state index contributed by atoms with van der Waals surface area (Å²) < 4.78 is 0. The monoisotopic (exact) mass is 523 g/mol. The van der Waals surface area contributed by atoms with Gasteiger partial charge in [-0.1, -0.05) is 23.8 Å². The maximum Gasteiger partial charge on any atom is 0.245 e. The standard InChI is InChI=1S/C28H27N8OS/c1-17-12-18(2)23-21(13-17)24(35-34-23)28-33-26(25(38-28)19-6-5-8-29-14-19)32-27(37)22-16-36(11-10-31-22)15-20-7-3-4-9-30-20/h3-9,12-14,22H,10-11,15-16H2,1-2H3,(H,32,37)(H,34,35). The number of carbonyl (C=O) groups is 1. The summed E-state index contributed by atoms with van der Waals surface area (Å²) in [4.78, 5) is 30.0. The number of amides is 1. The average molecular weight is 524 g/mol. The van der Waals surface area contributed by atoms with Crippen molar-refractivity contribution in [3.63, 3.8) is 0 Å². The second-order valence-corrected chi connectivity index (χ2v) is 10.5. The number of aromatic nitrogens is 5. The largest absolute Gasteiger partial charge is 0.308 e. The minimum atomic E-state index is -0.490. The van der Waals surface area contributed by atoms with Crippen molar-refractivity contribution < 1.29 is 4.79 Å². The van der Waals surface area contributed by atoms with Gasteiger partial charge < -0.3 is 5.32 Å². The number of carbonyl (C=O) groups excluding carboxylic acids is 1. The summed E-state index contributed by atoms with van der Waals surface area (Å²) in [6.45, 7) is 6.75. The molecule has 1 aliphatic rings. The second-order valence-electron chi connectivity index (χ2n) is 9.48. The lowest BCUT2D eigenvalue weighted by Crippen LogP contribution is -2.52. The Morgan fingerprint density at radius 3 is 2.92 bits per heavy atom. The maximum atomic E-state index is 13.4. The zero-order valence-electron chi connectivity index (χ0n) is 21.2. The molecule has 2 N–H and O–H groups in total. The van der Waals surface area contributed by atoms with Gasteiger partial charge in [-0.2, -0.15) is 5.10 Å². The van der Waals surface area contributed by atoms with Gasteiger partial charge in [0, 0.05) is 55.7 Å². The third kappa shape index (κ3) is 4.93. The molecule has 191 valence electrons. The number of H-pyrrole nitrogens is 1. The second kappa shape index (κ2) is 10.4. The Balaban J connectivity index is 1.29. The van der Waals surface area contributed by atoms with E-state index < -0.39 is 6.04 Å². The van der Waals surface area contributed by atoms with E-state index in [2.05, 4.69) is 61.7 Å². The zero-order chi connectivity index (χ0) is 26.1. The van der Waals surface area contributed by atoms with Gasteiger partial charge in [0.1, 0.15) is 16.7 Å². The number of rotatable bonds is 6. The fraction of sp³-hybridized carbons (Fsp3) is 0.250. The summed E-state index contributed by atoms with van der Waals surface area (Å²) in [5.74, 6) is 0.330. The molecule has 1 aliphatic heterocycles. The summed E-state index contributed by atoms with van der Waals surface area (Å²) in [6.07, 6.45) is 5.30. The molecule has 1 fully saturated rings. The predicted molar refractivity (Wildman–Crippen MR) is 149 cm³/mol. The van der Waals surface area contributed by atoms with Gasteiger partial charge in [-0.25, -0.2) is 10.3 Å². The van der Waals surface area contributed by atoms with E-state index in [4.69, 9.17) is 4.98 Å². The van der Waals surface area contributed by atoms with Crippen LogP contribution in [0.15, 0.2) is 61.1 Å². The smallest absolute Gasteiger partial charge is 0.245 e. The van der Waals surface area contributed by atoms with Crippen LogP contribution in [0.4, 0.5) is 5.82 Å². The summed E-state index contributed by atoms with van der Waals surface area (Å²) in [5.41, 5.74) is 5.91. The lowest BCUT2D eigenvalue weighted by molar-refractivity contribution is -0.119. The van der Waals surface area contributed by atoms with Gasteiger partial charge in [-0.3, -0.25) is 24.8 Å². The number of fused-ring (bicyclic) bond motifs is 1. The molecule has 1 atom stereocenters. The highest BCUT2D eigenvalue weighted by atomic mass is 32.1. The van der Waals surface area contributed by atoms with E-state index in [-0.39, 0.29) is 5.91 Å². The zero-order valence-corrected chi connectivity index (χ0v) is 22.0.